The maximum absolute atomic E-state index is 12.1. The van der Waals surface area contributed by atoms with E-state index in [1.165, 1.54) is 16.2 Å². The van der Waals surface area contributed by atoms with Gasteiger partial charge in [-0.05, 0) is 49.5 Å². The SMILES string of the molecule is Cc1ccsc1C(=O)NC[C@H](c1cccs1)N(C)C. The molecule has 0 radical (unpaired) electrons. The molecule has 2 rings (SSSR count). The van der Waals surface area contributed by atoms with Crippen molar-refractivity contribution in [3.63, 3.8) is 0 Å². The minimum atomic E-state index is 0.0240. The van der Waals surface area contributed by atoms with Crippen LogP contribution in [0.4, 0.5) is 0 Å². The molecule has 2 heterocycles. The molecule has 0 aliphatic carbocycles. The van der Waals surface area contributed by atoms with Crippen molar-refractivity contribution in [1.29, 1.82) is 0 Å². The zero-order valence-corrected chi connectivity index (χ0v) is 13.0. The first-order chi connectivity index (χ1) is 9.09. The van der Waals surface area contributed by atoms with Crippen LogP contribution in [0.15, 0.2) is 29.0 Å². The number of nitrogens with one attached hydrogen (secondary N) is 1. The third-order valence-corrected chi connectivity index (χ3v) is 5.01. The second-order valence-electron chi connectivity index (χ2n) is 4.64. The number of hydrogen-bond acceptors (Lipinski definition) is 4. The van der Waals surface area contributed by atoms with Crippen molar-refractivity contribution in [2.75, 3.05) is 20.6 Å². The maximum Gasteiger partial charge on any atom is 0.261 e. The maximum atomic E-state index is 12.1. The van der Waals surface area contributed by atoms with E-state index < -0.39 is 0 Å². The van der Waals surface area contributed by atoms with Gasteiger partial charge in [-0.1, -0.05) is 6.07 Å². The van der Waals surface area contributed by atoms with Gasteiger partial charge < -0.3 is 10.2 Å². The first-order valence-electron chi connectivity index (χ1n) is 6.11. The summed E-state index contributed by atoms with van der Waals surface area (Å²) in [6.07, 6.45) is 0. The number of rotatable bonds is 5. The second-order valence-corrected chi connectivity index (χ2v) is 6.53. The van der Waals surface area contributed by atoms with Gasteiger partial charge in [0.05, 0.1) is 10.9 Å². The van der Waals surface area contributed by atoms with Gasteiger partial charge in [-0.3, -0.25) is 4.79 Å². The lowest BCUT2D eigenvalue weighted by molar-refractivity contribution is 0.0946. The summed E-state index contributed by atoms with van der Waals surface area (Å²) in [4.78, 5) is 16.3. The predicted octanol–water partition coefficient (Wildman–Crippen LogP) is 3.15. The Labute approximate surface area is 121 Å². The molecule has 1 atom stereocenters. The van der Waals surface area contributed by atoms with Crippen molar-refractivity contribution in [2.45, 2.75) is 13.0 Å². The average Bonchev–Trinajstić information content (AvgIpc) is 3.00. The minimum Gasteiger partial charge on any atom is -0.349 e. The van der Waals surface area contributed by atoms with Crippen molar-refractivity contribution >= 4 is 28.6 Å². The fraction of sp³-hybridized carbons (Fsp3) is 0.357. The van der Waals surface area contributed by atoms with Gasteiger partial charge in [-0.2, -0.15) is 0 Å². The van der Waals surface area contributed by atoms with Crippen molar-refractivity contribution in [3.05, 3.63) is 44.3 Å². The zero-order valence-electron chi connectivity index (χ0n) is 11.3. The third-order valence-electron chi connectivity index (χ3n) is 3.02. The molecule has 0 saturated carbocycles. The van der Waals surface area contributed by atoms with E-state index in [2.05, 4.69) is 21.7 Å². The van der Waals surface area contributed by atoms with Crippen LogP contribution >= 0.6 is 22.7 Å². The van der Waals surface area contributed by atoms with Crippen LogP contribution < -0.4 is 5.32 Å². The predicted molar refractivity (Wildman–Crippen MR) is 82.1 cm³/mol. The number of aryl methyl sites for hydroxylation is 1. The van der Waals surface area contributed by atoms with E-state index in [4.69, 9.17) is 0 Å². The lowest BCUT2D eigenvalue weighted by Crippen LogP contribution is -2.34. The fourth-order valence-corrected chi connectivity index (χ4v) is 3.66. The molecular formula is C14H18N2OS2. The lowest BCUT2D eigenvalue weighted by atomic mass is 10.2. The molecule has 0 aliphatic rings. The first kappa shape index (κ1) is 14.2. The van der Waals surface area contributed by atoms with Gasteiger partial charge in [-0.25, -0.2) is 0 Å². The summed E-state index contributed by atoms with van der Waals surface area (Å²) >= 11 is 3.21. The number of likely N-dealkylation sites (N-methyl/N-ethyl adjacent to an activating group) is 1. The smallest absolute Gasteiger partial charge is 0.261 e. The Kier molecular flexibility index (Phi) is 4.74. The number of carbonyl (C=O) groups excluding carboxylic acids is 1. The molecule has 1 amide bonds. The van der Waals surface area contributed by atoms with E-state index in [0.29, 0.717) is 6.54 Å². The van der Waals surface area contributed by atoms with Gasteiger partial charge in [-0.15, -0.1) is 22.7 Å². The monoisotopic (exact) mass is 294 g/mol. The summed E-state index contributed by atoms with van der Waals surface area (Å²) in [7, 11) is 4.07. The molecule has 19 heavy (non-hydrogen) atoms. The van der Waals surface area contributed by atoms with Crippen molar-refractivity contribution < 1.29 is 4.79 Å². The molecule has 2 aromatic heterocycles. The highest BCUT2D eigenvalue weighted by Gasteiger charge is 2.17. The molecule has 0 aliphatic heterocycles. The third kappa shape index (κ3) is 3.43. The summed E-state index contributed by atoms with van der Waals surface area (Å²) in [5.74, 6) is 0.0240. The fourth-order valence-electron chi connectivity index (χ4n) is 1.89. The Hall–Kier alpha value is -1.17. The van der Waals surface area contributed by atoms with Crippen molar-refractivity contribution in [1.82, 2.24) is 10.2 Å². The topological polar surface area (TPSA) is 32.3 Å². The Balaban J connectivity index is 2.00. The largest absolute Gasteiger partial charge is 0.349 e. The van der Waals surface area contributed by atoms with E-state index in [9.17, 15) is 4.79 Å². The standard InChI is InChI=1S/C14H18N2OS2/c1-10-6-8-19-13(10)14(17)15-9-11(16(2)3)12-5-4-7-18-12/h4-8,11H,9H2,1-3H3,(H,15,17)/t11-/m1/s1. The quantitative estimate of drug-likeness (QED) is 0.919. The van der Waals surface area contributed by atoms with Crippen molar-refractivity contribution in [3.8, 4) is 0 Å². The molecule has 5 heteroatoms. The molecule has 102 valence electrons. The van der Waals surface area contributed by atoms with E-state index >= 15 is 0 Å². The van der Waals surface area contributed by atoms with Gasteiger partial charge in [0.2, 0.25) is 0 Å². The number of amides is 1. The number of carbonyl (C=O) groups is 1. The van der Waals surface area contributed by atoms with Crippen molar-refractivity contribution in [2.24, 2.45) is 0 Å². The normalized spacial score (nSPS) is 12.6. The van der Waals surface area contributed by atoms with Crippen LogP contribution in [0.1, 0.15) is 26.2 Å². The molecule has 0 aromatic carbocycles. The molecule has 0 bridgehead atoms. The van der Waals surface area contributed by atoms with Gasteiger partial charge in [0.15, 0.2) is 0 Å². The zero-order chi connectivity index (χ0) is 13.8. The van der Waals surface area contributed by atoms with Crippen LogP contribution in [-0.2, 0) is 0 Å². The number of thiophene rings is 2. The highest BCUT2D eigenvalue weighted by Crippen LogP contribution is 2.23. The van der Waals surface area contributed by atoms with Crippen LogP contribution in [0.3, 0.4) is 0 Å². The van der Waals surface area contributed by atoms with Crippen LogP contribution in [-0.4, -0.2) is 31.4 Å². The molecule has 2 aromatic rings. The highest BCUT2D eigenvalue weighted by atomic mass is 32.1. The van der Waals surface area contributed by atoms with Crippen LogP contribution in [0, 0.1) is 6.92 Å². The number of nitrogens with zero attached hydrogens (tertiary/aromatic N) is 1. The van der Waals surface area contributed by atoms with Crippen LogP contribution in [0.5, 0.6) is 0 Å². The minimum absolute atomic E-state index is 0.0240. The molecule has 3 nitrogen and oxygen atoms in total. The summed E-state index contributed by atoms with van der Waals surface area (Å²) in [5.41, 5.74) is 1.04. The summed E-state index contributed by atoms with van der Waals surface area (Å²) in [6, 6.07) is 6.35. The lowest BCUT2D eigenvalue weighted by Gasteiger charge is -2.23. The van der Waals surface area contributed by atoms with Gasteiger partial charge >= 0.3 is 0 Å². The van der Waals surface area contributed by atoms with Gasteiger partial charge in [0.25, 0.3) is 5.91 Å². The Morgan fingerprint density at radius 3 is 2.63 bits per heavy atom. The second kappa shape index (κ2) is 6.32. The highest BCUT2D eigenvalue weighted by molar-refractivity contribution is 7.12. The van der Waals surface area contributed by atoms with E-state index in [-0.39, 0.29) is 11.9 Å². The first-order valence-corrected chi connectivity index (χ1v) is 7.87. The molecule has 0 saturated heterocycles. The Bertz CT molecular complexity index is 531. The number of hydrogen-bond donors (Lipinski definition) is 1. The van der Waals surface area contributed by atoms with Gasteiger partial charge in [0.1, 0.15) is 0 Å². The summed E-state index contributed by atoms with van der Waals surface area (Å²) in [5, 5.41) is 7.05. The van der Waals surface area contributed by atoms with E-state index in [1.54, 1.807) is 11.3 Å². The molecule has 0 spiro atoms. The van der Waals surface area contributed by atoms with Crippen LogP contribution in [0.25, 0.3) is 0 Å². The van der Waals surface area contributed by atoms with E-state index in [0.717, 1.165) is 10.4 Å². The van der Waals surface area contributed by atoms with Gasteiger partial charge in [0, 0.05) is 11.4 Å². The van der Waals surface area contributed by atoms with E-state index in [1.807, 2.05) is 38.5 Å². The molecule has 0 unspecified atom stereocenters. The Morgan fingerprint density at radius 2 is 2.11 bits per heavy atom. The van der Waals surface area contributed by atoms with Crippen LogP contribution in [0.2, 0.25) is 0 Å². The summed E-state index contributed by atoms with van der Waals surface area (Å²) < 4.78 is 0. The summed E-state index contributed by atoms with van der Waals surface area (Å²) in [6.45, 7) is 2.60. The molecular weight excluding hydrogens is 276 g/mol. The molecule has 1 N–H and O–H groups in total. The Morgan fingerprint density at radius 1 is 1.32 bits per heavy atom. The average molecular weight is 294 g/mol. The molecule has 0 fully saturated rings.